The van der Waals surface area contributed by atoms with Crippen LogP contribution in [-0.4, -0.2) is 53.0 Å². The van der Waals surface area contributed by atoms with Gasteiger partial charge in [-0.25, -0.2) is 13.8 Å². The molecule has 42 heavy (non-hydrogen) atoms. The van der Waals surface area contributed by atoms with Crippen LogP contribution < -0.4 is 4.73 Å². The quantitative estimate of drug-likeness (QED) is 0.136. The smallest absolute Gasteiger partial charge is 0.436 e. The van der Waals surface area contributed by atoms with Gasteiger partial charge in [0.05, 0.1) is 52.7 Å². The highest BCUT2D eigenvalue weighted by atomic mass is 35.5. The number of halogens is 7. The van der Waals surface area contributed by atoms with E-state index >= 15 is 4.39 Å². The number of aromatic nitrogens is 9. The normalized spacial score (nSPS) is 12.8. The number of hydrogen-bond donors (Lipinski definition) is 0. The Morgan fingerprint density at radius 1 is 1.07 bits per heavy atom. The first-order chi connectivity index (χ1) is 19.9. The van der Waals surface area contributed by atoms with Gasteiger partial charge >= 0.3 is 12.8 Å². The highest BCUT2D eigenvalue weighted by molar-refractivity contribution is 6.31. The van der Waals surface area contributed by atoms with Gasteiger partial charge in [-0.3, -0.25) is 4.68 Å². The van der Waals surface area contributed by atoms with Gasteiger partial charge in [0.1, 0.15) is 6.04 Å². The summed E-state index contributed by atoms with van der Waals surface area (Å²) in [6.45, 7) is -3.48. The summed E-state index contributed by atoms with van der Waals surface area (Å²) in [7, 11) is 1.66. The molecule has 0 aliphatic carbocycles. The minimum absolute atomic E-state index is 0.0264. The van der Waals surface area contributed by atoms with Crippen LogP contribution in [0.2, 0.25) is 5.02 Å². The molecule has 0 aliphatic heterocycles. The molecule has 5 rings (SSSR count). The Hall–Kier alpha value is -4.51. The van der Waals surface area contributed by atoms with Crippen LogP contribution in [0.3, 0.4) is 0 Å². The average Bonchev–Trinajstić information content (AvgIpc) is 3.69. The van der Waals surface area contributed by atoms with E-state index in [1.807, 2.05) is 0 Å². The Morgan fingerprint density at radius 3 is 2.50 bits per heavy atom. The summed E-state index contributed by atoms with van der Waals surface area (Å²) in [6, 6.07) is 4.08. The van der Waals surface area contributed by atoms with E-state index in [1.54, 1.807) is 13.2 Å². The van der Waals surface area contributed by atoms with E-state index < -0.39 is 36.9 Å². The molecule has 0 bridgehead atoms. The van der Waals surface area contributed by atoms with E-state index in [2.05, 4.69) is 30.5 Å². The molecule has 0 amide bonds. The van der Waals surface area contributed by atoms with E-state index in [0.29, 0.717) is 26.9 Å². The molecule has 18 heteroatoms. The molecule has 0 saturated heterocycles. The zero-order valence-corrected chi connectivity index (χ0v) is 22.0. The molecule has 11 nitrogen and oxygen atoms in total. The van der Waals surface area contributed by atoms with Crippen molar-refractivity contribution in [2.75, 3.05) is 6.61 Å². The van der Waals surface area contributed by atoms with Gasteiger partial charge in [0, 0.05) is 31.3 Å². The first-order valence-corrected chi connectivity index (χ1v) is 12.3. The van der Waals surface area contributed by atoms with Crippen molar-refractivity contribution in [1.82, 2.24) is 39.8 Å². The van der Waals surface area contributed by atoms with Gasteiger partial charge in [-0.15, -0.1) is 10.2 Å². The predicted octanol–water partition coefficient (Wildman–Crippen LogP) is 4.59. The van der Waals surface area contributed by atoms with Crippen molar-refractivity contribution in [3.05, 3.63) is 82.7 Å². The van der Waals surface area contributed by atoms with Crippen LogP contribution in [0.15, 0.2) is 55.2 Å². The van der Waals surface area contributed by atoms with Gasteiger partial charge in [0.15, 0.2) is 17.7 Å². The monoisotopic (exact) mass is 613 g/mol. The van der Waals surface area contributed by atoms with Crippen LogP contribution >= 0.6 is 11.6 Å². The third-order valence-corrected chi connectivity index (χ3v) is 6.54. The van der Waals surface area contributed by atoms with Crippen molar-refractivity contribution in [2.45, 2.75) is 25.3 Å². The van der Waals surface area contributed by atoms with Crippen molar-refractivity contribution in [2.24, 2.45) is 7.05 Å². The van der Waals surface area contributed by atoms with E-state index in [0.717, 1.165) is 12.3 Å². The fourth-order valence-electron chi connectivity index (χ4n) is 4.29. The van der Waals surface area contributed by atoms with Crippen molar-refractivity contribution in [3.63, 3.8) is 0 Å². The molecule has 1 aromatic carbocycles. The maximum Gasteiger partial charge on any atom is 0.436 e. The minimum atomic E-state index is -4.80. The molecule has 0 aliphatic rings. The largest absolute Gasteiger partial charge is 0.618 e. The van der Waals surface area contributed by atoms with Gasteiger partial charge in [-0.2, -0.15) is 31.8 Å². The molecule has 0 spiro atoms. The molecule has 0 fully saturated rings. The highest BCUT2D eigenvalue weighted by Crippen LogP contribution is 2.35. The van der Waals surface area contributed by atoms with E-state index in [9.17, 15) is 27.2 Å². The summed E-state index contributed by atoms with van der Waals surface area (Å²) in [5.74, 6) is -1.02. The Morgan fingerprint density at radius 2 is 1.86 bits per heavy atom. The van der Waals surface area contributed by atoms with Crippen LogP contribution in [0.4, 0.5) is 26.3 Å². The molecule has 0 unspecified atom stereocenters. The summed E-state index contributed by atoms with van der Waals surface area (Å²) in [4.78, 5) is 0. The van der Waals surface area contributed by atoms with E-state index in [4.69, 9.17) is 11.6 Å². The average molecular weight is 614 g/mol. The lowest BCUT2D eigenvalue weighted by Gasteiger charge is -2.18. The third-order valence-electron chi connectivity index (χ3n) is 6.24. The molecule has 4 aromatic heterocycles. The number of pyridine rings is 1. The van der Waals surface area contributed by atoms with Crippen molar-refractivity contribution < 1.29 is 35.8 Å². The third kappa shape index (κ3) is 5.78. The Labute approximate surface area is 237 Å². The maximum absolute atomic E-state index is 15.3. The second-order valence-corrected chi connectivity index (χ2v) is 9.27. The second-order valence-electron chi connectivity index (χ2n) is 8.86. The van der Waals surface area contributed by atoms with E-state index in [-0.39, 0.29) is 34.0 Å². The Bertz CT molecular complexity index is 1720. The lowest BCUT2D eigenvalue weighted by atomic mass is 10.0. The second kappa shape index (κ2) is 11.4. The summed E-state index contributed by atoms with van der Waals surface area (Å²) in [5, 5.41) is 31.4. The van der Waals surface area contributed by atoms with Crippen molar-refractivity contribution in [1.29, 1.82) is 0 Å². The van der Waals surface area contributed by atoms with Crippen LogP contribution in [0.25, 0.3) is 28.1 Å². The number of ether oxygens (including phenoxy) is 1. The van der Waals surface area contributed by atoms with Crippen molar-refractivity contribution >= 4 is 11.6 Å². The molecule has 5 aromatic rings. The molecular weight excluding hydrogens is 596 g/mol. The SMILES string of the molecule is Cn1nncc1-c1cnn([C@H](CCOC(F)F)c2ccc(-c3c(-n4cc(C(F)(F)F)nn4)ccc(Cl)c3F)c[n+]2[O-])c1. The summed E-state index contributed by atoms with van der Waals surface area (Å²) < 4.78 is 88.4. The number of nitrogens with zero attached hydrogens (tertiary/aromatic N) is 9. The van der Waals surface area contributed by atoms with Crippen LogP contribution in [0.1, 0.15) is 23.9 Å². The maximum atomic E-state index is 15.3. The number of alkyl halides is 5. The minimum Gasteiger partial charge on any atom is -0.618 e. The predicted molar refractivity (Wildman–Crippen MR) is 133 cm³/mol. The summed E-state index contributed by atoms with van der Waals surface area (Å²) >= 11 is 5.96. The zero-order chi connectivity index (χ0) is 30.2. The van der Waals surface area contributed by atoms with Gasteiger partial charge in [0.2, 0.25) is 5.69 Å². The molecule has 0 N–H and O–H groups in total. The molecule has 0 radical (unpaired) electrons. The lowest BCUT2D eigenvalue weighted by Crippen LogP contribution is -2.36. The van der Waals surface area contributed by atoms with Crippen molar-refractivity contribution in [3.8, 4) is 28.1 Å². The van der Waals surface area contributed by atoms with Gasteiger partial charge in [-0.05, 0) is 18.2 Å². The number of aryl methyl sites for hydroxylation is 1. The topological polar surface area (TPSA) is 115 Å². The first-order valence-electron chi connectivity index (χ1n) is 11.9. The molecular formula is C24H18ClF6N9O2. The van der Waals surface area contributed by atoms with Gasteiger partial charge < -0.3 is 9.94 Å². The number of benzene rings is 1. The van der Waals surface area contributed by atoms with Gasteiger partial charge in [-0.1, -0.05) is 22.0 Å². The van der Waals surface area contributed by atoms with Crippen LogP contribution in [0.5, 0.6) is 0 Å². The number of hydrogen-bond acceptors (Lipinski definition) is 7. The summed E-state index contributed by atoms with van der Waals surface area (Å²) in [5.41, 5.74) is -0.660. The fourth-order valence-corrected chi connectivity index (χ4v) is 4.45. The zero-order valence-electron chi connectivity index (χ0n) is 21.3. The first kappa shape index (κ1) is 29.0. The fraction of sp³-hybridized carbons (Fsp3) is 0.250. The lowest BCUT2D eigenvalue weighted by molar-refractivity contribution is -0.615. The van der Waals surface area contributed by atoms with Gasteiger partial charge in [0.25, 0.3) is 0 Å². The van der Waals surface area contributed by atoms with E-state index in [1.165, 1.54) is 40.0 Å². The molecule has 220 valence electrons. The Kier molecular flexibility index (Phi) is 7.87. The van der Waals surface area contributed by atoms with Crippen LogP contribution in [-0.2, 0) is 18.0 Å². The molecule has 1 atom stereocenters. The number of rotatable bonds is 9. The molecule has 0 saturated carbocycles. The standard InChI is InChI=1S/C24H18ClF6N9O2/c1-37-19(9-32-35-37)14-8-33-38(10-14)16(6-7-42-23(27)28)17-4-2-13(11-40(17)41)21-18(5-3-15(25)22(21)26)39-12-20(34-36-39)24(29,30)31/h2-5,8-12,16,23H,6-7H2,1H3/t16-/m1/s1. The van der Waals surface area contributed by atoms with Crippen LogP contribution in [0, 0.1) is 11.0 Å². The highest BCUT2D eigenvalue weighted by Gasteiger charge is 2.35. The molecule has 4 heterocycles. The Balaban J connectivity index is 1.55. The summed E-state index contributed by atoms with van der Waals surface area (Å²) in [6.07, 6.45) is 1.17.